The van der Waals surface area contributed by atoms with Crippen LogP contribution in [-0.4, -0.2) is 0 Å². The molecule has 0 heterocycles. The smallest absolute Gasteiger partial charge is 0.0912 e. The van der Waals surface area contributed by atoms with Crippen LogP contribution >= 0.6 is 0 Å². The summed E-state index contributed by atoms with van der Waals surface area (Å²) in [4.78, 5) is 0. The zero-order chi connectivity index (χ0) is 13.8. The van der Waals surface area contributed by atoms with Crippen molar-refractivity contribution in [3.63, 3.8) is 0 Å². The lowest BCUT2D eigenvalue weighted by molar-refractivity contribution is 1.48. The highest BCUT2D eigenvalue weighted by atomic mass is 14.2. The molecule has 0 spiro atoms. The van der Waals surface area contributed by atoms with Gasteiger partial charge in [-0.15, -0.1) is 0 Å². The molecule has 0 fully saturated rings. The highest BCUT2D eigenvalue weighted by Crippen LogP contribution is 2.00. The van der Waals surface area contributed by atoms with Crippen molar-refractivity contribution in [2.24, 2.45) is 0 Å². The van der Waals surface area contributed by atoms with E-state index in [0.717, 1.165) is 5.56 Å². The molecule has 0 N–H and O–H groups in total. The minimum Gasteiger partial charge on any atom is -0.193 e. The summed E-state index contributed by atoms with van der Waals surface area (Å²) in [6, 6.07) is 22.1. The Morgan fingerprint density at radius 1 is 0.842 bits per heavy atom. The minimum atomic E-state index is 1.14. The first kappa shape index (κ1) is 14.5. The van der Waals surface area contributed by atoms with Crippen LogP contribution in [0.1, 0.15) is 11.1 Å². The molecule has 2 aromatic carbocycles. The van der Waals surface area contributed by atoms with Crippen molar-refractivity contribution in [2.45, 2.75) is 6.92 Å². The van der Waals surface area contributed by atoms with E-state index in [0.29, 0.717) is 0 Å². The second-order valence-electron chi connectivity index (χ2n) is 3.91. The zero-order valence-corrected chi connectivity index (χ0v) is 11.0. The number of benzene rings is 2. The van der Waals surface area contributed by atoms with E-state index in [1.807, 2.05) is 66.8 Å². The SMILES string of the molecule is Cc1ccccc1.N#CC=CC=Cc1ccccc1. The highest BCUT2D eigenvalue weighted by molar-refractivity contribution is 5.50. The van der Waals surface area contributed by atoms with Gasteiger partial charge in [0.2, 0.25) is 0 Å². The van der Waals surface area contributed by atoms with Gasteiger partial charge in [-0.25, -0.2) is 0 Å². The fourth-order valence-electron chi connectivity index (χ4n) is 1.36. The van der Waals surface area contributed by atoms with Gasteiger partial charge in [-0.2, -0.15) is 5.26 Å². The van der Waals surface area contributed by atoms with Gasteiger partial charge in [-0.1, -0.05) is 84.5 Å². The number of nitrogens with zero attached hydrogens (tertiary/aromatic N) is 1. The van der Waals surface area contributed by atoms with E-state index in [4.69, 9.17) is 5.26 Å². The molecule has 0 saturated carbocycles. The van der Waals surface area contributed by atoms with Gasteiger partial charge in [0.1, 0.15) is 0 Å². The quantitative estimate of drug-likeness (QED) is 0.553. The lowest BCUT2D eigenvalue weighted by Crippen LogP contribution is -1.66. The van der Waals surface area contributed by atoms with Crippen LogP contribution in [0.3, 0.4) is 0 Å². The summed E-state index contributed by atoms with van der Waals surface area (Å²) in [7, 11) is 0. The van der Waals surface area contributed by atoms with Crippen molar-refractivity contribution >= 4 is 6.08 Å². The van der Waals surface area contributed by atoms with E-state index in [1.165, 1.54) is 11.6 Å². The first-order valence-electron chi connectivity index (χ1n) is 6.12. The van der Waals surface area contributed by atoms with Crippen molar-refractivity contribution in [1.29, 1.82) is 5.26 Å². The third kappa shape index (κ3) is 7.36. The van der Waals surface area contributed by atoms with E-state index in [-0.39, 0.29) is 0 Å². The van der Waals surface area contributed by atoms with Crippen LogP contribution in [0, 0.1) is 18.3 Å². The van der Waals surface area contributed by atoms with Crippen LogP contribution in [0.15, 0.2) is 78.9 Å². The summed E-state index contributed by atoms with van der Waals surface area (Å²) in [6.45, 7) is 2.08. The van der Waals surface area contributed by atoms with Gasteiger partial charge >= 0.3 is 0 Å². The summed E-state index contributed by atoms with van der Waals surface area (Å²) in [6.07, 6.45) is 6.96. The molecule has 0 aromatic heterocycles. The molecule has 0 aliphatic rings. The third-order valence-electron chi connectivity index (χ3n) is 2.31. The van der Waals surface area contributed by atoms with Gasteiger partial charge in [-0.05, 0) is 12.5 Å². The number of rotatable bonds is 2. The van der Waals surface area contributed by atoms with E-state index in [9.17, 15) is 0 Å². The summed E-state index contributed by atoms with van der Waals surface area (Å²) in [5, 5.41) is 8.19. The minimum absolute atomic E-state index is 1.14. The van der Waals surface area contributed by atoms with E-state index < -0.39 is 0 Å². The van der Waals surface area contributed by atoms with E-state index >= 15 is 0 Å². The topological polar surface area (TPSA) is 23.8 Å². The Morgan fingerprint density at radius 3 is 1.89 bits per heavy atom. The second-order valence-corrected chi connectivity index (χ2v) is 3.91. The fraction of sp³-hybridized carbons (Fsp3) is 0.0556. The average Bonchev–Trinajstić information content (AvgIpc) is 2.46. The maximum absolute atomic E-state index is 8.19. The average molecular weight is 247 g/mol. The maximum Gasteiger partial charge on any atom is 0.0912 e. The van der Waals surface area contributed by atoms with Gasteiger partial charge in [0.25, 0.3) is 0 Å². The second kappa shape index (κ2) is 9.44. The molecule has 2 aromatic rings. The first-order chi connectivity index (χ1) is 9.33. The summed E-state index contributed by atoms with van der Waals surface area (Å²) in [5.74, 6) is 0. The van der Waals surface area contributed by atoms with Gasteiger partial charge in [0.15, 0.2) is 0 Å². The van der Waals surface area contributed by atoms with Crippen LogP contribution in [0.4, 0.5) is 0 Å². The lowest BCUT2D eigenvalue weighted by Gasteiger charge is -1.87. The Hall–Kier alpha value is -2.59. The highest BCUT2D eigenvalue weighted by Gasteiger charge is 1.78. The molecular formula is C18H17N. The molecule has 0 aliphatic carbocycles. The molecule has 1 nitrogen and oxygen atoms in total. The summed E-state index contributed by atoms with van der Waals surface area (Å²) in [5.41, 5.74) is 2.46. The summed E-state index contributed by atoms with van der Waals surface area (Å²) >= 11 is 0. The number of aryl methyl sites for hydroxylation is 1. The molecule has 0 unspecified atom stereocenters. The maximum atomic E-state index is 8.19. The standard InChI is InChI=1S/C11H9N.C7H8/c12-10-6-2-5-9-11-7-3-1-4-8-11;1-7-5-3-2-4-6-7/h1-9H;2-6H,1H3. The predicted octanol–water partition coefficient (Wildman–Crippen LogP) is 4.77. The molecule has 0 bridgehead atoms. The number of hydrogen-bond donors (Lipinski definition) is 0. The zero-order valence-electron chi connectivity index (χ0n) is 11.0. The Morgan fingerprint density at radius 2 is 1.42 bits per heavy atom. The van der Waals surface area contributed by atoms with Crippen LogP contribution in [0.5, 0.6) is 0 Å². The van der Waals surface area contributed by atoms with Crippen LogP contribution in [0.2, 0.25) is 0 Å². The molecule has 0 radical (unpaired) electrons. The Bertz CT molecular complexity index is 545. The van der Waals surface area contributed by atoms with Gasteiger partial charge in [0, 0.05) is 6.08 Å². The normalized spacial score (nSPS) is 9.89. The summed E-state index contributed by atoms with van der Waals surface area (Å²) < 4.78 is 0. The van der Waals surface area contributed by atoms with Crippen LogP contribution in [-0.2, 0) is 0 Å². The molecule has 94 valence electrons. The van der Waals surface area contributed by atoms with Crippen molar-refractivity contribution in [3.8, 4) is 6.07 Å². The molecule has 0 amide bonds. The monoisotopic (exact) mass is 247 g/mol. The predicted molar refractivity (Wildman–Crippen MR) is 81.4 cm³/mol. The Balaban J connectivity index is 0.000000218. The largest absolute Gasteiger partial charge is 0.193 e. The molecule has 1 heteroatoms. The Labute approximate surface area is 115 Å². The Kier molecular flexibility index (Phi) is 7.19. The fourth-order valence-corrected chi connectivity index (χ4v) is 1.36. The van der Waals surface area contributed by atoms with Crippen molar-refractivity contribution < 1.29 is 0 Å². The lowest BCUT2D eigenvalue weighted by atomic mass is 10.2. The van der Waals surface area contributed by atoms with Crippen LogP contribution < -0.4 is 0 Å². The van der Waals surface area contributed by atoms with E-state index in [2.05, 4.69) is 19.1 Å². The third-order valence-corrected chi connectivity index (χ3v) is 2.31. The number of allylic oxidation sites excluding steroid dienone is 3. The van der Waals surface area contributed by atoms with Crippen molar-refractivity contribution in [2.75, 3.05) is 0 Å². The molecule has 19 heavy (non-hydrogen) atoms. The van der Waals surface area contributed by atoms with Gasteiger partial charge in [-0.3, -0.25) is 0 Å². The van der Waals surface area contributed by atoms with E-state index in [1.54, 1.807) is 6.08 Å². The number of nitriles is 1. The van der Waals surface area contributed by atoms with Gasteiger partial charge in [0.05, 0.1) is 6.07 Å². The van der Waals surface area contributed by atoms with Gasteiger partial charge < -0.3 is 0 Å². The van der Waals surface area contributed by atoms with Crippen molar-refractivity contribution in [3.05, 3.63) is 90.0 Å². The van der Waals surface area contributed by atoms with Crippen molar-refractivity contribution in [1.82, 2.24) is 0 Å². The molecule has 0 aliphatic heterocycles. The molecular weight excluding hydrogens is 230 g/mol. The first-order valence-corrected chi connectivity index (χ1v) is 6.12. The number of hydrogen-bond acceptors (Lipinski definition) is 1. The molecule has 2 rings (SSSR count). The molecule has 0 atom stereocenters. The van der Waals surface area contributed by atoms with Crippen LogP contribution in [0.25, 0.3) is 6.08 Å². The molecule has 0 saturated heterocycles.